The van der Waals surface area contributed by atoms with Gasteiger partial charge in [-0.25, -0.2) is 0 Å². The molecule has 2 amide bonds. The zero-order valence-corrected chi connectivity index (χ0v) is 16.6. The van der Waals surface area contributed by atoms with Gasteiger partial charge in [-0.2, -0.15) is 0 Å². The van der Waals surface area contributed by atoms with Crippen LogP contribution in [0, 0.1) is 12.8 Å². The molecule has 6 nitrogen and oxygen atoms in total. The average Bonchev–Trinajstić information content (AvgIpc) is 2.63. The number of aryl methyl sites for hydroxylation is 1. The van der Waals surface area contributed by atoms with Crippen molar-refractivity contribution < 1.29 is 14.3 Å². The normalized spacial score (nSPS) is 10.3. The predicted octanol–water partition coefficient (Wildman–Crippen LogP) is 3.72. The number of amides is 2. The van der Waals surface area contributed by atoms with Crippen molar-refractivity contribution in [2.24, 2.45) is 5.92 Å². The number of hydrogen-bond acceptors (Lipinski definition) is 4. The lowest BCUT2D eigenvalue weighted by Crippen LogP contribution is -2.34. The molecule has 0 saturated carbocycles. The van der Waals surface area contributed by atoms with Crippen molar-refractivity contribution >= 4 is 40.5 Å². The van der Waals surface area contributed by atoms with Gasteiger partial charge in [0, 0.05) is 23.2 Å². The molecule has 0 atom stereocenters. The molecule has 142 valence electrons. The van der Waals surface area contributed by atoms with Gasteiger partial charge in [-0.1, -0.05) is 31.5 Å². The van der Waals surface area contributed by atoms with E-state index in [2.05, 4.69) is 16.0 Å². The fraction of sp³-hybridized carbons (Fsp3) is 0.250. The summed E-state index contributed by atoms with van der Waals surface area (Å²) in [5, 5.41) is 8.55. The molecule has 27 heavy (non-hydrogen) atoms. The van der Waals surface area contributed by atoms with E-state index in [0.29, 0.717) is 22.7 Å². The Balaban J connectivity index is 2.03. The molecule has 2 aromatic carbocycles. The molecule has 0 aliphatic carbocycles. The van der Waals surface area contributed by atoms with Gasteiger partial charge < -0.3 is 15.4 Å². The highest BCUT2D eigenvalue weighted by Crippen LogP contribution is 2.28. The standard InChI is InChI=1S/C20H23N3O3S/c1-12(2)18(24)22-16-10-9-15(11-17(16)26-4)21-20(27)23-19(25)14-7-5-13(3)6-8-14/h5-12H,1-4H3,(H,22,24)(H2,21,23,25,27). The molecular formula is C20H23N3O3S. The van der Waals surface area contributed by atoms with Gasteiger partial charge >= 0.3 is 0 Å². The lowest BCUT2D eigenvalue weighted by Gasteiger charge is -2.15. The van der Waals surface area contributed by atoms with Crippen LogP contribution < -0.4 is 20.7 Å². The highest BCUT2D eigenvalue weighted by atomic mass is 32.1. The molecule has 3 N–H and O–H groups in total. The van der Waals surface area contributed by atoms with Gasteiger partial charge in [-0.05, 0) is 43.4 Å². The smallest absolute Gasteiger partial charge is 0.257 e. The number of carbonyl (C=O) groups is 2. The maximum absolute atomic E-state index is 12.2. The van der Waals surface area contributed by atoms with Gasteiger partial charge in [0.25, 0.3) is 5.91 Å². The number of benzene rings is 2. The highest BCUT2D eigenvalue weighted by Gasteiger charge is 2.12. The summed E-state index contributed by atoms with van der Waals surface area (Å²) in [6.45, 7) is 5.58. The highest BCUT2D eigenvalue weighted by molar-refractivity contribution is 7.80. The number of carbonyl (C=O) groups excluding carboxylic acids is 2. The molecule has 0 heterocycles. The molecule has 7 heteroatoms. The van der Waals surface area contributed by atoms with Gasteiger partial charge in [-0.3, -0.25) is 14.9 Å². The van der Waals surface area contributed by atoms with Crippen LogP contribution in [0.5, 0.6) is 5.75 Å². The minimum absolute atomic E-state index is 0.102. The van der Waals surface area contributed by atoms with Crippen LogP contribution in [0.2, 0.25) is 0 Å². The minimum atomic E-state index is -0.291. The Kier molecular flexibility index (Phi) is 6.90. The first-order valence-corrected chi connectivity index (χ1v) is 8.89. The van der Waals surface area contributed by atoms with Crippen molar-refractivity contribution in [3.63, 3.8) is 0 Å². The first-order chi connectivity index (χ1) is 12.8. The lowest BCUT2D eigenvalue weighted by atomic mass is 10.1. The summed E-state index contributed by atoms with van der Waals surface area (Å²) in [5.41, 5.74) is 2.79. The van der Waals surface area contributed by atoms with E-state index in [-0.39, 0.29) is 22.8 Å². The number of thiocarbonyl (C=S) groups is 1. The molecule has 2 aromatic rings. The topological polar surface area (TPSA) is 79.5 Å². The van der Waals surface area contributed by atoms with Crippen molar-refractivity contribution in [1.29, 1.82) is 0 Å². The van der Waals surface area contributed by atoms with Gasteiger partial charge in [0.15, 0.2) is 5.11 Å². The van der Waals surface area contributed by atoms with Gasteiger partial charge in [-0.15, -0.1) is 0 Å². The Morgan fingerprint density at radius 3 is 2.30 bits per heavy atom. The molecule has 0 radical (unpaired) electrons. The molecule has 2 rings (SSSR count). The minimum Gasteiger partial charge on any atom is -0.494 e. The molecule has 0 spiro atoms. The third-order valence-electron chi connectivity index (χ3n) is 3.78. The van der Waals surface area contributed by atoms with Crippen molar-refractivity contribution in [3.8, 4) is 5.75 Å². The van der Waals surface area contributed by atoms with Crippen molar-refractivity contribution in [2.75, 3.05) is 17.7 Å². The van der Waals surface area contributed by atoms with Gasteiger partial charge in [0.2, 0.25) is 5.91 Å². The molecule has 0 unspecified atom stereocenters. The van der Waals surface area contributed by atoms with Crippen LogP contribution in [0.15, 0.2) is 42.5 Å². The molecule has 0 saturated heterocycles. The summed E-state index contributed by atoms with van der Waals surface area (Å²) >= 11 is 5.20. The summed E-state index contributed by atoms with van der Waals surface area (Å²) in [4.78, 5) is 24.1. The van der Waals surface area contributed by atoms with E-state index in [1.54, 1.807) is 30.3 Å². The predicted molar refractivity (Wildman–Crippen MR) is 111 cm³/mol. The molecule has 0 aromatic heterocycles. The fourth-order valence-corrected chi connectivity index (χ4v) is 2.40. The summed E-state index contributed by atoms with van der Waals surface area (Å²) in [6.07, 6.45) is 0. The largest absolute Gasteiger partial charge is 0.494 e. The second-order valence-corrected chi connectivity index (χ2v) is 6.74. The number of methoxy groups -OCH3 is 1. The van der Waals surface area contributed by atoms with Crippen LogP contribution in [0.1, 0.15) is 29.8 Å². The molecule has 0 fully saturated rings. The van der Waals surface area contributed by atoms with Gasteiger partial charge in [0.1, 0.15) is 5.75 Å². The zero-order chi connectivity index (χ0) is 20.0. The summed E-state index contributed by atoms with van der Waals surface area (Å²) in [7, 11) is 1.52. The Bertz CT molecular complexity index is 848. The van der Waals surface area contributed by atoms with Crippen LogP contribution in [0.3, 0.4) is 0 Å². The quantitative estimate of drug-likeness (QED) is 0.684. The third-order valence-corrected chi connectivity index (χ3v) is 3.99. The van der Waals surface area contributed by atoms with Crippen molar-refractivity contribution in [2.45, 2.75) is 20.8 Å². The Morgan fingerprint density at radius 2 is 1.70 bits per heavy atom. The number of ether oxygens (including phenoxy) is 1. The van der Waals surface area contributed by atoms with Crippen molar-refractivity contribution in [1.82, 2.24) is 5.32 Å². The SMILES string of the molecule is COc1cc(NC(=S)NC(=O)c2ccc(C)cc2)ccc1NC(=O)C(C)C. The fourth-order valence-electron chi connectivity index (χ4n) is 2.19. The van der Waals surface area contributed by atoms with E-state index in [9.17, 15) is 9.59 Å². The Labute approximate surface area is 164 Å². The number of hydrogen-bond donors (Lipinski definition) is 3. The summed E-state index contributed by atoms with van der Waals surface area (Å²) < 4.78 is 5.32. The maximum atomic E-state index is 12.2. The van der Waals surface area contributed by atoms with E-state index >= 15 is 0 Å². The third kappa shape index (κ3) is 5.79. The van der Waals surface area contributed by atoms with E-state index < -0.39 is 0 Å². The number of anilines is 2. The molecular weight excluding hydrogens is 362 g/mol. The second kappa shape index (κ2) is 9.14. The summed E-state index contributed by atoms with van der Waals surface area (Å²) in [5.74, 6) is -0.0473. The van der Waals surface area contributed by atoms with Gasteiger partial charge in [0.05, 0.1) is 12.8 Å². The molecule has 0 aliphatic rings. The van der Waals surface area contributed by atoms with E-state index in [1.807, 2.05) is 32.9 Å². The van der Waals surface area contributed by atoms with E-state index in [1.165, 1.54) is 7.11 Å². The van der Waals surface area contributed by atoms with Crippen LogP contribution in [0.4, 0.5) is 11.4 Å². The second-order valence-electron chi connectivity index (χ2n) is 6.33. The molecule has 0 bridgehead atoms. The molecule has 0 aliphatic heterocycles. The van der Waals surface area contributed by atoms with Crippen LogP contribution in [0.25, 0.3) is 0 Å². The monoisotopic (exact) mass is 385 g/mol. The zero-order valence-electron chi connectivity index (χ0n) is 15.8. The average molecular weight is 385 g/mol. The van der Waals surface area contributed by atoms with E-state index in [4.69, 9.17) is 17.0 Å². The maximum Gasteiger partial charge on any atom is 0.257 e. The first kappa shape index (κ1) is 20.4. The lowest BCUT2D eigenvalue weighted by molar-refractivity contribution is -0.118. The number of rotatable bonds is 5. The Hall–Kier alpha value is -2.93. The van der Waals surface area contributed by atoms with Crippen molar-refractivity contribution in [3.05, 3.63) is 53.6 Å². The van der Waals surface area contributed by atoms with Crippen LogP contribution in [-0.2, 0) is 4.79 Å². The number of nitrogens with one attached hydrogen (secondary N) is 3. The van der Waals surface area contributed by atoms with E-state index in [0.717, 1.165) is 5.56 Å². The van der Waals surface area contributed by atoms with Crippen LogP contribution in [-0.4, -0.2) is 24.0 Å². The summed E-state index contributed by atoms with van der Waals surface area (Å²) in [6, 6.07) is 12.3. The van der Waals surface area contributed by atoms with Crippen LogP contribution >= 0.6 is 12.2 Å². The Morgan fingerprint density at radius 1 is 1.04 bits per heavy atom. The first-order valence-electron chi connectivity index (χ1n) is 8.48.